The van der Waals surface area contributed by atoms with Crippen LogP contribution < -0.4 is 14.8 Å². The SMILES string of the molecule is Cc1cc(O)ccc1NC(=O)C(=O)N1CCN(Cc2ccc3c(c2)OCO3)CC1. The quantitative estimate of drug-likeness (QED) is 0.605. The lowest BCUT2D eigenvalue weighted by Gasteiger charge is -2.34. The number of phenols is 1. The minimum atomic E-state index is -0.664. The van der Waals surface area contributed by atoms with Crippen LogP contribution in [0.5, 0.6) is 17.2 Å². The number of nitrogens with one attached hydrogen (secondary N) is 1. The number of nitrogens with zero attached hydrogens (tertiary/aromatic N) is 2. The van der Waals surface area contributed by atoms with Gasteiger partial charge in [-0.3, -0.25) is 14.5 Å². The van der Waals surface area contributed by atoms with Crippen molar-refractivity contribution in [1.82, 2.24) is 9.80 Å². The Labute approximate surface area is 168 Å². The molecule has 0 spiro atoms. The van der Waals surface area contributed by atoms with Crippen LogP contribution in [0.25, 0.3) is 0 Å². The van der Waals surface area contributed by atoms with Crippen LogP contribution in [0.4, 0.5) is 5.69 Å². The van der Waals surface area contributed by atoms with E-state index in [1.54, 1.807) is 17.9 Å². The first kappa shape index (κ1) is 19.1. The standard InChI is InChI=1S/C21H23N3O5/c1-14-10-16(25)3-4-17(14)22-20(26)21(27)24-8-6-23(7-9-24)12-15-2-5-18-19(11-15)29-13-28-18/h2-5,10-11,25H,6-9,12-13H2,1H3,(H,22,26). The molecule has 1 saturated heterocycles. The molecule has 0 saturated carbocycles. The van der Waals surface area contributed by atoms with Gasteiger partial charge in [-0.05, 0) is 48.4 Å². The van der Waals surface area contributed by atoms with Gasteiger partial charge in [0.25, 0.3) is 0 Å². The largest absolute Gasteiger partial charge is 0.508 e. The summed E-state index contributed by atoms with van der Waals surface area (Å²) in [5, 5.41) is 12.1. The molecule has 0 unspecified atom stereocenters. The molecule has 4 rings (SSSR count). The average Bonchev–Trinajstić information content (AvgIpc) is 3.18. The van der Waals surface area contributed by atoms with Crippen molar-refractivity contribution in [3.63, 3.8) is 0 Å². The monoisotopic (exact) mass is 397 g/mol. The fourth-order valence-corrected chi connectivity index (χ4v) is 3.51. The van der Waals surface area contributed by atoms with E-state index < -0.39 is 11.8 Å². The first-order valence-corrected chi connectivity index (χ1v) is 9.50. The van der Waals surface area contributed by atoms with E-state index >= 15 is 0 Å². The predicted molar refractivity (Wildman–Crippen MR) is 106 cm³/mol. The van der Waals surface area contributed by atoms with E-state index in [-0.39, 0.29) is 12.5 Å². The van der Waals surface area contributed by atoms with Gasteiger partial charge in [-0.1, -0.05) is 6.07 Å². The number of benzene rings is 2. The highest BCUT2D eigenvalue weighted by Crippen LogP contribution is 2.32. The summed E-state index contributed by atoms with van der Waals surface area (Å²) in [4.78, 5) is 28.6. The van der Waals surface area contributed by atoms with Crippen molar-refractivity contribution in [2.45, 2.75) is 13.5 Å². The molecule has 0 aliphatic carbocycles. The third kappa shape index (κ3) is 4.27. The Morgan fingerprint density at radius 3 is 2.55 bits per heavy atom. The van der Waals surface area contributed by atoms with E-state index in [0.29, 0.717) is 37.4 Å². The molecule has 1 fully saturated rings. The lowest BCUT2D eigenvalue weighted by atomic mass is 10.1. The highest BCUT2D eigenvalue weighted by atomic mass is 16.7. The Morgan fingerprint density at radius 1 is 1.03 bits per heavy atom. The number of amides is 2. The third-order valence-electron chi connectivity index (χ3n) is 5.16. The van der Waals surface area contributed by atoms with E-state index in [1.165, 1.54) is 12.1 Å². The number of carbonyl (C=O) groups excluding carboxylic acids is 2. The molecule has 152 valence electrons. The molecule has 2 amide bonds. The number of ether oxygens (including phenoxy) is 2. The van der Waals surface area contributed by atoms with Crippen LogP contribution in [-0.4, -0.2) is 59.7 Å². The van der Waals surface area contributed by atoms with Crippen molar-refractivity contribution < 1.29 is 24.2 Å². The van der Waals surface area contributed by atoms with Crippen LogP contribution >= 0.6 is 0 Å². The van der Waals surface area contributed by atoms with Gasteiger partial charge in [-0.25, -0.2) is 0 Å². The second-order valence-electron chi connectivity index (χ2n) is 7.21. The van der Waals surface area contributed by atoms with Gasteiger partial charge in [-0.15, -0.1) is 0 Å². The van der Waals surface area contributed by atoms with Crippen molar-refractivity contribution in [2.24, 2.45) is 0 Å². The Kier molecular flexibility index (Phi) is 5.26. The third-order valence-corrected chi connectivity index (χ3v) is 5.16. The summed E-state index contributed by atoms with van der Waals surface area (Å²) in [7, 11) is 0. The van der Waals surface area contributed by atoms with Gasteiger partial charge in [0.15, 0.2) is 11.5 Å². The smallest absolute Gasteiger partial charge is 0.313 e. The summed E-state index contributed by atoms with van der Waals surface area (Å²) >= 11 is 0. The van der Waals surface area contributed by atoms with E-state index in [9.17, 15) is 14.7 Å². The topological polar surface area (TPSA) is 91.3 Å². The van der Waals surface area contributed by atoms with Gasteiger partial charge < -0.3 is 24.8 Å². The number of carbonyl (C=O) groups is 2. The van der Waals surface area contributed by atoms with E-state index in [4.69, 9.17) is 9.47 Å². The fourth-order valence-electron chi connectivity index (χ4n) is 3.51. The summed E-state index contributed by atoms with van der Waals surface area (Å²) in [6.45, 7) is 5.12. The molecular weight excluding hydrogens is 374 g/mol. The molecule has 2 aromatic rings. The Balaban J connectivity index is 1.29. The highest BCUT2D eigenvalue weighted by molar-refractivity contribution is 6.39. The van der Waals surface area contributed by atoms with E-state index in [1.807, 2.05) is 18.2 Å². The maximum atomic E-state index is 12.5. The van der Waals surface area contributed by atoms with Crippen LogP contribution in [0.15, 0.2) is 36.4 Å². The number of fused-ring (bicyclic) bond motifs is 1. The summed E-state index contributed by atoms with van der Waals surface area (Å²) in [5.74, 6) is 0.435. The molecule has 2 N–H and O–H groups in total. The number of rotatable bonds is 3. The molecule has 0 radical (unpaired) electrons. The van der Waals surface area contributed by atoms with Gasteiger partial charge in [0.1, 0.15) is 5.75 Å². The number of aryl methyl sites for hydroxylation is 1. The Hall–Kier alpha value is -3.26. The van der Waals surface area contributed by atoms with Crippen LogP contribution in [0, 0.1) is 6.92 Å². The van der Waals surface area contributed by atoms with Crippen molar-refractivity contribution >= 4 is 17.5 Å². The Bertz CT molecular complexity index is 938. The van der Waals surface area contributed by atoms with Gasteiger partial charge in [0.2, 0.25) is 6.79 Å². The van der Waals surface area contributed by atoms with Crippen LogP contribution in [0.3, 0.4) is 0 Å². The molecule has 8 nitrogen and oxygen atoms in total. The normalized spacial score (nSPS) is 16.0. The van der Waals surface area contributed by atoms with Crippen LogP contribution in [0.1, 0.15) is 11.1 Å². The molecule has 2 aliphatic heterocycles. The van der Waals surface area contributed by atoms with Crippen molar-refractivity contribution in [3.8, 4) is 17.2 Å². The molecule has 8 heteroatoms. The number of aromatic hydroxyl groups is 1. The minimum Gasteiger partial charge on any atom is -0.508 e. The summed E-state index contributed by atoms with van der Waals surface area (Å²) in [5.41, 5.74) is 2.33. The second-order valence-corrected chi connectivity index (χ2v) is 7.21. The van der Waals surface area contributed by atoms with Gasteiger partial charge in [0, 0.05) is 38.4 Å². The van der Waals surface area contributed by atoms with Crippen LogP contribution in [-0.2, 0) is 16.1 Å². The zero-order valence-corrected chi connectivity index (χ0v) is 16.2. The van der Waals surface area contributed by atoms with Gasteiger partial charge in [-0.2, -0.15) is 0 Å². The molecule has 0 bridgehead atoms. The molecule has 0 aromatic heterocycles. The van der Waals surface area contributed by atoms with Crippen molar-refractivity contribution in [2.75, 3.05) is 38.3 Å². The van der Waals surface area contributed by atoms with Gasteiger partial charge >= 0.3 is 11.8 Å². The maximum absolute atomic E-state index is 12.5. The van der Waals surface area contributed by atoms with Crippen molar-refractivity contribution in [3.05, 3.63) is 47.5 Å². The average molecular weight is 397 g/mol. The van der Waals surface area contributed by atoms with E-state index in [2.05, 4.69) is 10.2 Å². The lowest BCUT2D eigenvalue weighted by Crippen LogP contribution is -2.51. The second kappa shape index (κ2) is 8.00. The van der Waals surface area contributed by atoms with Crippen LogP contribution in [0.2, 0.25) is 0 Å². The number of hydrogen-bond acceptors (Lipinski definition) is 6. The van der Waals surface area contributed by atoms with Gasteiger partial charge in [0.05, 0.1) is 0 Å². The summed E-state index contributed by atoms with van der Waals surface area (Å²) in [6.07, 6.45) is 0. The van der Waals surface area contributed by atoms with E-state index in [0.717, 1.165) is 23.6 Å². The lowest BCUT2D eigenvalue weighted by molar-refractivity contribution is -0.144. The zero-order valence-electron chi connectivity index (χ0n) is 16.2. The number of hydrogen-bond donors (Lipinski definition) is 2. The molecule has 2 heterocycles. The Morgan fingerprint density at radius 2 is 1.79 bits per heavy atom. The first-order valence-electron chi connectivity index (χ1n) is 9.50. The first-order chi connectivity index (χ1) is 14.0. The number of anilines is 1. The highest BCUT2D eigenvalue weighted by Gasteiger charge is 2.26. The summed E-state index contributed by atoms with van der Waals surface area (Å²) in [6, 6.07) is 10.5. The van der Waals surface area contributed by atoms with Crippen molar-refractivity contribution in [1.29, 1.82) is 0 Å². The fraction of sp³-hybridized carbons (Fsp3) is 0.333. The molecule has 29 heavy (non-hydrogen) atoms. The predicted octanol–water partition coefficient (Wildman–Crippen LogP) is 1.71. The molecule has 2 aromatic carbocycles. The number of phenolic OH excluding ortho intramolecular Hbond substituents is 1. The molecule has 2 aliphatic rings. The maximum Gasteiger partial charge on any atom is 0.313 e. The number of piperazine rings is 1. The summed E-state index contributed by atoms with van der Waals surface area (Å²) < 4.78 is 10.7. The zero-order chi connectivity index (χ0) is 20.4. The molecule has 0 atom stereocenters. The molecular formula is C21H23N3O5. The minimum absolute atomic E-state index is 0.116.